The summed E-state index contributed by atoms with van der Waals surface area (Å²) in [5.74, 6) is 0.202. The molecule has 0 amide bonds. The van der Waals surface area contributed by atoms with Gasteiger partial charge in [-0.25, -0.2) is 0 Å². The van der Waals surface area contributed by atoms with E-state index >= 15 is 0 Å². The fourth-order valence-electron chi connectivity index (χ4n) is 0.609. The molecule has 12 heavy (non-hydrogen) atoms. The predicted octanol–water partition coefficient (Wildman–Crippen LogP) is 1.74. The van der Waals surface area contributed by atoms with E-state index in [1.165, 1.54) is 0 Å². The highest BCUT2D eigenvalue weighted by Gasteiger charge is 2.03. The van der Waals surface area contributed by atoms with Gasteiger partial charge in [-0.15, -0.1) is 11.6 Å². The number of rotatable bonds is 6. The molecule has 0 radical (unpaired) electrons. The van der Waals surface area contributed by atoms with Gasteiger partial charge in [-0.1, -0.05) is 11.8 Å². The Morgan fingerprint density at radius 2 is 2.00 bits per heavy atom. The maximum absolute atomic E-state index is 10.9. The molecule has 3 nitrogen and oxygen atoms in total. The van der Waals surface area contributed by atoms with Gasteiger partial charge in [0.05, 0.1) is 0 Å². The van der Waals surface area contributed by atoms with E-state index in [1.54, 1.807) is 0 Å². The first kappa shape index (κ1) is 11.8. The minimum Gasteiger partial charge on any atom is -0.481 e. The molecule has 5 heteroatoms. The van der Waals surface area contributed by atoms with Crippen LogP contribution < -0.4 is 0 Å². The Kier molecular flexibility index (Phi) is 7.29. The molecule has 0 fully saturated rings. The van der Waals surface area contributed by atoms with Crippen molar-refractivity contribution < 1.29 is 14.7 Å². The fraction of sp³-hybridized carbons (Fsp3) is 0.714. The van der Waals surface area contributed by atoms with Crippen LogP contribution in [0.2, 0.25) is 0 Å². The van der Waals surface area contributed by atoms with Crippen LogP contribution in [-0.2, 0) is 9.59 Å². The maximum atomic E-state index is 10.9. The van der Waals surface area contributed by atoms with Crippen molar-refractivity contribution in [2.45, 2.75) is 19.3 Å². The van der Waals surface area contributed by atoms with Crippen LogP contribution >= 0.6 is 23.4 Å². The molecule has 0 rings (SSSR count). The predicted molar refractivity (Wildman–Crippen MR) is 49.7 cm³/mol. The van der Waals surface area contributed by atoms with E-state index in [1.807, 2.05) is 0 Å². The average Bonchev–Trinajstić information content (AvgIpc) is 2.00. The summed E-state index contributed by atoms with van der Waals surface area (Å²) in [6, 6.07) is 0. The lowest BCUT2D eigenvalue weighted by atomic mass is 10.2. The van der Waals surface area contributed by atoms with Crippen molar-refractivity contribution in [1.29, 1.82) is 0 Å². The average molecular weight is 211 g/mol. The summed E-state index contributed by atoms with van der Waals surface area (Å²) < 4.78 is 0. The van der Waals surface area contributed by atoms with Crippen LogP contribution in [0.3, 0.4) is 0 Å². The van der Waals surface area contributed by atoms with Gasteiger partial charge in [-0.2, -0.15) is 0 Å². The topological polar surface area (TPSA) is 54.4 Å². The Labute approximate surface area is 80.5 Å². The Hall–Kier alpha value is -0.220. The van der Waals surface area contributed by atoms with Gasteiger partial charge < -0.3 is 5.11 Å². The summed E-state index contributed by atoms with van der Waals surface area (Å²) in [7, 11) is 0. The van der Waals surface area contributed by atoms with Gasteiger partial charge >= 0.3 is 5.97 Å². The smallest absolute Gasteiger partial charge is 0.303 e. The van der Waals surface area contributed by atoms with Crippen molar-refractivity contribution in [3.05, 3.63) is 0 Å². The molecule has 0 atom stereocenters. The molecule has 70 valence electrons. The van der Waals surface area contributed by atoms with Crippen LogP contribution in [0.5, 0.6) is 0 Å². The minimum atomic E-state index is -0.856. The number of alkyl halides is 1. The van der Waals surface area contributed by atoms with E-state index in [4.69, 9.17) is 16.7 Å². The van der Waals surface area contributed by atoms with Gasteiger partial charge in [0.1, 0.15) is 0 Å². The van der Waals surface area contributed by atoms with Gasteiger partial charge in [0, 0.05) is 24.5 Å². The molecule has 0 bridgehead atoms. The third kappa shape index (κ3) is 7.88. The highest BCUT2D eigenvalue weighted by atomic mass is 35.5. The molecular weight excluding hydrogens is 200 g/mol. The number of carboxylic acid groups (broad SMARTS) is 1. The van der Waals surface area contributed by atoms with Crippen LogP contribution in [0.1, 0.15) is 19.3 Å². The zero-order chi connectivity index (χ0) is 9.40. The quantitative estimate of drug-likeness (QED) is 0.679. The Balaban J connectivity index is 3.25. The standard InChI is InChI=1S/C7H11ClO3S/c8-4-5-12-7(11)3-1-2-6(9)10/h1-5H2,(H,9,10). The second kappa shape index (κ2) is 7.43. The lowest BCUT2D eigenvalue weighted by Crippen LogP contribution is -1.98. The van der Waals surface area contributed by atoms with Crippen LogP contribution in [0.25, 0.3) is 0 Å². The van der Waals surface area contributed by atoms with Crippen molar-refractivity contribution in [2.24, 2.45) is 0 Å². The fourth-order valence-corrected chi connectivity index (χ4v) is 1.43. The van der Waals surface area contributed by atoms with Crippen molar-refractivity contribution in [1.82, 2.24) is 0 Å². The molecule has 0 aromatic carbocycles. The van der Waals surface area contributed by atoms with E-state index in [2.05, 4.69) is 0 Å². The normalized spacial score (nSPS) is 9.75. The number of carbonyl (C=O) groups is 2. The lowest BCUT2D eigenvalue weighted by molar-refractivity contribution is -0.137. The second-order valence-electron chi connectivity index (χ2n) is 2.16. The number of carbonyl (C=O) groups excluding carboxylic acids is 1. The maximum Gasteiger partial charge on any atom is 0.303 e. The highest BCUT2D eigenvalue weighted by Crippen LogP contribution is 2.08. The third-order valence-electron chi connectivity index (χ3n) is 1.11. The number of aliphatic carboxylic acids is 1. The highest BCUT2D eigenvalue weighted by molar-refractivity contribution is 8.13. The van der Waals surface area contributed by atoms with E-state index < -0.39 is 5.97 Å². The molecule has 0 saturated carbocycles. The Bertz CT molecular complexity index is 161. The van der Waals surface area contributed by atoms with E-state index in [0.717, 1.165) is 11.8 Å². The first-order valence-corrected chi connectivity index (χ1v) is 5.12. The molecule has 0 aliphatic carbocycles. The van der Waals surface area contributed by atoms with Gasteiger partial charge in [-0.3, -0.25) is 9.59 Å². The molecule has 0 aliphatic rings. The van der Waals surface area contributed by atoms with Crippen LogP contribution in [-0.4, -0.2) is 27.8 Å². The van der Waals surface area contributed by atoms with E-state index in [0.29, 0.717) is 24.5 Å². The summed E-state index contributed by atoms with van der Waals surface area (Å²) in [5, 5.41) is 8.29. The number of hydrogen-bond donors (Lipinski definition) is 1. The molecule has 0 unspecified atom stereocenters. The first-order valence-electron chi connectivity index (χ1n) is 3.60. The van der Waals surface area contributed by atoms with Crippen molar-refractivity contribution >= 4 is 34.4 Å². The zero-order valence-corrected chi connectivity index (χ0v) is 8.16. The van der Waals surface area contributed by atoms with Crippen molar-refractivity contribution in [3.63, 3.8) is 0 Å². The molecule has 0 aliphatic heterocycles. The van der Waals surface area contributed by atoms with Gasteiger partial charge in [0.2, 0.25) is 0 Å². The number of carboxylic acids is 1. The largest absolute Gasteiger partial charge is 0.481 e. The van der Waals surface area contributed by atoms with Crippen molar-refractivity contribution in [2.75, 3.05) is 11.6 Å². The number of hydrogen-bond acceptors (Lipinski definition) is 3. The second-order valence-corrected chi connectivity index (χ2v) is 3.69. The van der Waals surface area contributed by atoms with Crippen LogP contribution in [0.4, 0.5) is 0 Å². The molecular formula is C7H11ClO3S. The molecule has 0 saturated heterocycles. The first-order chi connectivity index (χ1) is 5.66. The SMILES string of the molecule is O=C(O)CCCC(=O)SCCCl. The van der Waals surface area contributed by atoms with Crippen LogP contribution in [0, 0.1) is 0 Å². The van der Waals surface area contributed by atoms with E-state index in [-0.39, 0.29) is 11.5 Å². The molecule has 1 N–H and O–H groups in total. The minimum absolute atomic E-state index is 0.0249. The zero-order valence-electron chi connectivity index (χ0n) is 6.59. The molecule has 0 heterocycles. The van der Waals surface area contributed by atoms with Crippen molar-refractivity contribution in [3.8, 4) is 0 Å². The molecule has 0 aromatic rings. The third-order valence-corrected chi connectivity index (χ3v) is 2.46. The van der Waals surface area contributed by atoms with E-state index in [9.17, 15) is 9.59 Å². The molecule has 0 spiro atoms. The van der Waals surface area contributed by atoms with Gasteiger partial charge in [0.15, 0.2) is 5.12 Å². The summed E-state index contributed by atoms with van der Waals surface area (Å²) in [4.78, 5) is 21.0. The molecule has 0 aromatic heterocycles. The summed E-state index contributed by atoms with van der Waals surface area (Å²) in [6.45, 7) is 0. The summed E-state index contributed by atoms with van der Waals surface area (Å²) in [6.07, 6.45) is 0.810. The monoisotopic (exact) mass is 210 g/mol. The lowest BCUT2D eigenvalue weighted by Gasteiger charge is -1.96. The number of thioether (sulfide) groups is 1. The summed E-state index contributed by atoms with van der Waals surface area (Å²) in [5.41, 5.74) is 0. The number of halogens is 1. The van der Waals surface area contributed by atoms with Crippen LogP contribution in [0.15, 0.2) is 0 Å². The Morgan fingerprint density at radius 1 is 1.33 bits per heavy atom. The summed E-state index contributed by atoms with van der Waals surface area (Å²) >= 11 is 6.53. The van der Waals surface area contributed by atoms with Gasteiger partial charge in [-0.05, 0) is 6.42 Å². The Morgan fingerprint density at radius 3 is 2.50 bits per heavy atom. The van der Waals surface area contributed by atoms with Gasteiger partial charge in [0.25, 0.3) is 0 Å².